The van der Waals surface area contributed by atoms with Crippen LogP contribution in [0.2, 0.25) is 0 Å². The number of likely N-dealkylation sites (N-methyl/N-ethyl adjacent to an activating group) is 1. The summed E-state index contributed by atoms with van der Waals surface area (Å²) in [7, 11) is 2.95. The summed E-state index contributed by atoms with van der Waals surface area (Å²) in [6.45, 7) is -0.320. The van der Waals surface area contributed by atoms with E-state index >= 15 is 0 Å². The molecular formula is C17H23FN2O4. The maximum atomic E-state index is 12.7. The summed E-state index contributed by atoms with van der Waals surface area (Å²) in [6.07, 6.45) is 0.409. The van der Waals surface area contributed by atoms with E-state index in [4.69, 9.17) is 9.84 Å². The Morgan fingerprint density at radius 2 is 2.00 bits per heavy atom. The Balaban J connectivity index is 2.21. The molecule has 2 amide bonds. The second kappa shape index (κ2) is 8.10. The molecule has 1 N–H and O–H groups in total. The van der Waals surface area contributed by atoms with Crippen LogP contribution in [0.3, 0.4) is 0 Å². The maximum Gasteiger partial charge on any atom is 0.407 e. The molecule has 132 valence electrons. The van der Waals surface area contributed by atoms with Crippen LogP contribution in [-0.4, -0.2) is 60.3 Å². The van der Waals surface area contributed by atoms with Gasteiger partial charge in [0.05, 0.1) is 18.7 Å². The molecule has 1 aliphatic heterocycles. The number of ether oxygens (including phenoxy) is 1. The van der Waals surface area contributed by atoms with Gasteiger partial charge in [0, 0.05) is 14.2 Å². The van der Waals surface area contributed by atoms with Crippen LogP contribution in [0.15, 0.2) is 24.3 Å². The van der Waals surface area contributed by atoms with E-state index in [1.807, 2.05) is 12.1 Å². The lowest BCUT2D eigenvalue weighted by Gasteiger charge is -2.31. The third-order valence-electron chi connectivity index (χ3n) is 4.37. The van der Waals surface area contributed by atoms with Gasteiger partial charge < -0.3 is 19.6 Å². The van der Waals surface area contributed by atoms with Gasteiger partial charge in [-0.25, -0.2) is 9.18 Å². The number of likely N-dealkylation sites (tertiary alicyclic amines) is 1. The van der Waals surface area contributed by atoms with E-state index in [-0.39, 0.29) is 24.5 Å². The van der Waals surface area contributed by atoms with Crippen molar-refractivity contribution >= 4 is 12.0 Å². The van der Waals surface area contributed by atoms with E-state index in [0.29, 0.717) is 12.2 Å². The molecule has 1 aliphatic rings. The number of alkyl halides is 1. The average molecular weight is 338 g/mol. The van der Waals surface area contributed by atoms with E-state index < -0.39 is 12.8 Å². The fourth-order valence-electron chi connectivity index (χ4n) is 3.12. The summed E-state index contributed by atoms with van der Waals surface area (Å²) in [5, 5.41) is 8.98. The topological polar surface area (TPSA) is 70.1 Å². The Morgan fingerprint density at radius 3 is 2.54 bits per heavy atom. The molecule has 2 rings (SSSR count). The highest BCUT2D eigenvalue weighted by molar-refractivity contribution is 5.82. The highest BCUT2D eigenvalue weighted by Crippen LogP contribution is 2.36. The molecule has 1 heterocycles. The van der Waals surface area contributed by atoms with Crippen LogP contribution in [-0.2, 0) is 16.2 Å². The minimum absolute atomic E-state index is 0.0875. The molecule has 0 spiro atoms. The highest BCUT2D eigenvalue weighted by Gasteiger charge is 2.38. The fraction of sp³-hybridized carbons (Fsp3) is 0.529. The first-order valence-corrected chi connectivity index (χ1v) is 7.86. The quantitative estimate of drug-likeness (QED) is 0.865. The molecule has 24 heavy (non-hydrogen) atoms. The zero-order chi connectivity index (χ0) is 17.7. The number of amides is 2. The lowest BCUT2D eigenvalue weighted by molar-refractivity contribution is -0.135. The Morgan fingerprint density at radius 1 is 1.33 bits per heavy atom. The van der Waals surface area contributed by atoms with Gasteiger partial charge in [-0.15, -0.1) is 0 Å². The highest BCUT2D eigenvalue weighted by atomic mass is 19.1. The summed E-state index contributed by atoms with van der Waals surface area (Å²) < 4.78 is 17.9. The first kappa shape index (κ1) is 18.2. The van der Waals surface area contributed by atoms with Crippen molar-refractivity contribution in [3.05, 3.63) is 35.4 Å². The molecule has 0 radical (unpaired) electrons. The van der Waals surface area contributed by atoms with Gasteiger partial charge in [0.25, 0.3) is 0 Å². The number of benzene rings is 1. The van der Waals surface area contributed by atoms with Crippen LogP contribution in [0.1, 0.15) is 30.0 Å². The SMILES string of the molecule is COCC1CCC(c2ccc(CF)cc2)N1C(=O)CN(C)C(=O)O. The molecule has 7 heteroatoms. The maximum absolute atomic E-state index is 12.7. The second-order valence-corrected chi connectivity index (χ2v) is 6.02. The van der Waals surface area contributed by atoms with Crippen LogP contribution in [0.25, 0.3) is 0 Å². The number of rotatable bonds is 6. The summed E-state index contributed by atoms with van der Waals surface area (Å²) in [4.78, 5) is 26.3. The predicted octanol–water partition coefficient (Wildman–Crippen LogP) is 2.44. The zero-order valence-corrected chi connectivity index (χ0v) is 13.9. The van der Waals surface area contributed by atoms with Crippen molar-refractivity contribution < 1.29 is 23.8 Å². The number of halogens is 1. The van der Waals surface area contributed by atoms with Gasteiger partial charge in [-0.3, -0.25) is 4.79 Å². The molecule has 0 saturated carbocycles. The zero-order valence-electron chi connectivity index (χ0n) is 13.9. The first-order chi connectivity index (χ1) is 11.5. The van der Waals surface area contributed by atoms with E-state index in [1.165, 1.54) is 7.05 Å². The summed E-state index contributed by atoms with van der Waals surface area (Å²) in [6, 6.07) is 6.85. The second-order valence-electron chi connectivity index (χ2n) is 6.02. The van der Waals surface area contributed by atoms with Crippen molar-refractivity contribution in [2.45, 2.75) is 31.6 Å². The first-order valence-electron chi connectivity index (χ1n) is 7.86. The third kappa shape index (κ3) is 4.03. The van der Waals surface area contributed by atoms with Gasteiger partial charge in [0.2, 0.25) is 5.91 Å². The number of hydrogen-bond donors (Lipinski definition) is 1. The summed E-state index contributed by atoms with van der Waals surface area (Å²) >= 11 is 0. The molecule has 1 saturated heterocycles. The van der Waals surface area contributed by atoms with Crippen molar-refractivity contribution in [3.63, 3.8) is 0 Å². The van der Waals surface area contributed by atoms with Crippen molar-refractivity contribution in [2.75, 3.05) is 27.3 Å². The molecule has 1 aromatic carbocycles. The lowest BCUT2D eigenvalue weighted by atomic mass is 10.0. The molecule has 0 bridgehead atoms. The number of hydrogen-bond acceptors (Lipinski definition) is 3. The van der Waals surface area contributed by atoms with Crippen LogP contribution < -0.4 is 0 Å². The molecule has 1 aromatic rings. The molecule has 0 aliphatic carbocycles. The van der Waals surface area contributed by atoms with Crippen LogP contribution in [0, 0.1) is 0 Å². The Bertz CT molecular complexity index is 578. The minimum atomic E-state index is -1.14. The van der Waals surface area contributed by atoms with Gasteiger partial charge >= 0.3 is 6.09 Å². The molecule has 0 aromatic heterocycles. The largest absolute Gasteiger partial charge is 0.465 e. The van der Waals surface area contributed by atoms with E-state index in [2.05, 4.69) is 0 Å². The Labute approximate surface area is 140 Å². The minimum Gasteiger partial charge on any atom is -0.465 e. The number of carbonyl (C=O) groups excluding carboxylic acids is 1. The fourth-order valence-corrected chi connectivity index (χ4v) is 3.12. The molecule has 2 unspecified atom stereocenters. The summed E-state index contributed by atoms with van der Waals surface area (Å²) in [5.74, 6) is -0.251. The van der Waals surface area contributed by atoms with Crippen LogP contribution in [0.4, 0.5) is 9.18 Å². The van der Waals surface area contributed by atoms with Gasteiger partial charge in [-0.1, -0.05) is 24.3 Å². The smallest absolute Gasteiger partial charge is 0.407 e. The van der Waals surface area contributed by atoms with Gasteiger partial charge in [-0.05, 0) is 24.0 Å². The van der Waals surface area contributed by atoms with Crippen molar-refractivity contribution in [1.29, 1.82) is 0 Å². The van der Waals surface area contributed by atoms with E-state index in [9.17, 15) is 14.0 Å². The Kier molecular flexibility index (Phi) is 6.14. The molecule has 6 nitrogen and oxygen atoms in total. The van der Waals surface area contributed by atoms with E-state index in [0.717, 1.165) is 23.3 Å². The Hall–Kier alpha value is -2.15. The number of carbonyl (C=O) groups is 2. The average Bonchev–Trinajstić information content (AvgIpc) is 2.99. The normalized spacial score (nSPS) is 20.2. The van der Waals surface area contributed by atoms with Crippen LogP contribution >= 0.6 is 0 Å². The lowest BCUT2D eigenvalue weighted by Crippen LogP contribution is -2.45. The number of methoxy groups -OCH3 is 1. The van der Waals surface area contributed by atoms with Gasteiger partial charge in [0.15, 0.2) is 0 Å². The van der Waals surface area contributed by atoms with E-state index in [1.54, 1.807) is 24.1 Å². The van der Waals surface area contributed by atoms with Crippen LogP contribution in [0.5, 0.6) is 0 Å². The van der Waals surface area contributed by atoms with Crippen molar-refractivity contribution in [1.82, 2.24) is 9.80 Å². The number of carboxylic acid groups (broad SMARTS) is 1. The predicted molar refractivity (Wildman–Crippen MR) is 86.4 cm³/mol. The third-order valence-corrected chi connectivity index (χ3v) is 4.37. The number of nitrogens with zero attached hydrogens (tertiary/aromatic N) is 2. The summed E-state index contributed by atoms with van der Waals surface area (Å²) in [5.41, 5.74) is 1.52. The monoisotopic (exact) mass is 338 g/mol. The van der Waals surface area contributed by atoms with Crippen molar-refractivity contribution in [2.24, 2.45) is 0 Å². The molecule has 2 atom stereocenters. The molecular weight excluding hydrogens is 315 g/mol. The standard InChI is InChI=1S/C17H23FN2O4/c1-19(17(22)23)10-16(21)20-14(11-24-2)7-8-15(20)13-5-3-12(9-18)4-6-13/h3-6,14-15H,7-11H2,1-2H3,(H,22,23). The van der Waals surface area contributed by atoms with Gasteiger partial charge in [0.1, 0.15) is 13.2 Å². The molecule has 1 fully saturated rings. The van der Waals surface area contributed by atoms with Gasteiger partial charge in [-0.2, -0.15) is 0 Å². The van der Waals surface area contributed by atoms with Crippen molar-refractivity contribution in [3.8, 4) is 0 Å².